The lowest BCUT2D eigenvalue weighted by atomic mass is 9.96. The number of carbonyl (C=O) groups is 1. The van der Waals surface area contributed by atoms with Crippen molar-refractivity contribution in [1.29, 1.82) is 0 Å². The summed E-state index contributed by atoms with van der Waals surface area (Å²) in [4.78, 5) is 13.4. The number of primary amides is 1. The summed E-state index contributed by atoms with van der Waals surface area (Å²) in [5, 5.41) is 3.39. The zero-order valence-electron chi connectivity index (χ0n) is 9.70. The summed E-state index contributed by atoms with van der Waals surface area (Å²) < 4.78 is 0. The highest BCUT2D eigenvalue weighted by Gasteiger charge is 2.24. The third kappa shape index (κ3) is 2.21. The molecule has 0 aromatic rings. The number of carbonyl (C=O) groups excluding carboxylic acids is 1. The van der Waals surface area contributed by atoms with E-state index < -0.39 is 0 Å². The van der Waals surface area contributed by atoms with E-state index in [0.717, 1.165) is 32.5 Å². The first kappa shape index (κ1) is 11.0. The number of amides is 1. The van der Waals surface area contributed by atoms with Crippen molar-refractivity contribution in [3.05, 3.63) is 23.5 Å². The molecule has 0 spiro atoms. The molecule has 0 atom stereocenters. The van der Waals surface area contributed by atoms with Crippen LogP contribution in [0.1, 0.15) is 19.8 Å². The molecule has 0 unspecified atom stereocenters. The molecule has 0 aromatic carbocycles. The maximum absolute atomic E-state index is 11.1. The molecule has 2 heterocycles. The molecule has 2 aliphatic heterocycles. The van der Waals surface area contributed by atoms with Gasteiger partial charge in [-0.2, -0.15) is 0 Å². The second kappa shape index (κ2) is 4.60. The van der Waals surface area contributed by atoms with Crippen molar-refractivity contribution in [2.75, 3.05) is 19.6 Å². The van der Waals surface area contributed by atoms with Gasteiger partial charge in [-0.3, -0.25) is 4.79 Å². The fourth-order valence-electron chi connectivity index (χ4n) is 2.36. The lowest BCUT2D eigenvalue weighted by Crippen LogP contribution is -2.42. The van der Waals surface area contributed by atoms with Crippen molar-refractivity contribution < 1.29 is 4.79 Å². The van der Waals surface area contributed by atoms with Crippen LogP contribution in [0.2, 0.25) is 0 Å². The van der Waals surface area contributed by atoms with Gasteiger partial charge in [0.1, 0.15) is 5.82 Å². The lowest BCUT2D eigenvalue weighted by Gasteiger charge is -2.35. The van der Waals surface area contributed by atoms with Crippen LogP contribution >= 0.6 is 0 Å². The van der Waals surface area contributed by atoms with E-state index in [0.29, 0.717) is 0 Å². The van der Waals surface area contributed by atoms with E-state index in [4.69, 9.17) is 5.73 Å². The van der Waals surface area contributed by atoms with E-state index in [1.54, 1.807) is 0 Å². The SMILES string of the molecule is CC1=C(N2CCC(C(N)=O)CC2)NCC=C1. The Morgan fingerprint density at radius 3 is 2.75 bits per heavy atom. The summed E-state index contributed by atoms with van der Waals surface area (Å²) in [6.07, 6.45) is 6.01. The quantitative estimate of drug-likeness (QED) is 0.717. The van der Waals surface area contributed by atoms with Crippen LogP contribution in [-0.4, -0.2) is 30.4 Å². The molecule has 0 aliphatic carbocycles. The summed E-state index contributed by atoms with van der Waals surface area (Å²) in [6.45, 7) is 4.84. The molecule has 1 fully saturated rings. The first-order chi connectivity index (χ1) is 7.68. The number of hydrogen-bond acceptors (Lipinski definition) is 3. The lowest BCUT2D eigenvalue weighted by molar-refractivity contribution is -0.123. The number of dihydropyridines is 1. The Hall–Kier alpha value is -1.45. The number of likely N-dealkylation sites (tertiary alicyclic amines) is 1. The van der Waals surface area contributed by atoms with Crippen LogP contribution in [0.25, 0.3) is 0 Å². The van der Waals surface area contributed by atoms with Crippen molar-refractivity contribution in [3.8, 4) is 0 Å². The van der Waals surface area contributed by atoms with Crippen LogP contribution in [0.5, 0.6) is 0 Å². The molecule has 4 nitrogen and oxygen atoms in total. The Kier molecular flexibility index (Phi) is 3.17. The monoisotopic (exact) mass is 221 g/mol. The van der Waals surface area contributed by atoms with Gasteiger partial charge in [0.15, 0.2) is 0 Å². The molecule has 0 radical (unpaired) electrons. The number of rotatable bonds is 2. The smallest absolute Gasteiger partial charge is 0.220 e. The molecular formula is C12H19N3O. The van der Waals surface area contributed by atoms with Crippen LogP contribution in [0.15, 0.2) is 23.5 Å². The molecule has 1 amide bonds. The molecule has 88 valence electrons. The van der Waals surface area contributed by atoms with Gasteiger partial charge < -0.3 is 16.0 Å². The first-order valence-corrected chi connectivity index (χ1v) is 5.84. The van der Waals surface area contributed by atoms with Gasteiger partial charge in [-0.1, -0.05) is 12.2 Å². The number of nitrogens with one attached hydrogen (secondary N) is 1. The Balaban J connectivity index is 1.99. The number of piperidine rings is 1. The largest absolute Gasteiger partial charge is 0.369 e. The maximum Gasteiger partial charge on any atom is 0.220 e. The van der Waals surface area contributed by atoms with Gasteiger partial charge in [-0.05, 0) is 25.3 Å². The third-order valence-electron chi connectivity index (χ3n) is 3.34. The van der Waals surface area contributed by atoms with Gasteiger partial charge >= 0.3 is 0 Å². The average molecular weight is 221 g/mol. The minimum Gasteiger partial charge on any atom is -0.369 e. The Labute approximate surface area is 96.2 Å². The van der Waals surface area contributed by atoms with E-state index in [2.05, 4.69) is 29.3 Å². The van der Waals surface area contributed by atoms with E-state index >= 15 is 0 Å². The number of nitrogens with two attached hydrogens (primary N) is 1. The predicted molar refractivity (Wildman–Crippen MR) is 63.3 cm³/mol. The number of allylic oxidation sites excluding steroid dienone is 2. The fourth-order valence-corrected chi connectivity index (χ4v) is 2.36. The van der Waals surface area contributed by atoms with Crippen molar-refractivity contribution in [2.45, 2.75) is 19.8 Å². The molecule has 4 heteroatoms. The van der Waals surface area contributed by atoms with Crippen LogP contribution in [-0.2, 0) is 4.79 Å². The van der Waals surface area contributed by atoms with E-state index in [-0.39, 0.29) is 11.8 Å². The molecule has 2 aliphatic rings. The second-order valence-electron chi connectivity index (χ2n) is 4.48. The van der Waals surface area contributed by atoms with Gasteiger partial charge in [0.25, 0.3) is 0 Å². The van der Waals surface area contributed by atoms with Crippen molar-refractivity contribution in [2.24, 2.45) is 11.7 Å². The van der Waals surface area contributed by atoms with Gasteiger partial charge in [0.2, 0.25) is 5.91 Å². The van der Waals surface area contributed by atoms with Gasteiger partial charge in [0, 0.05) is 25.6 Å². The first-order valence-electron chi connectivity index (χ1n) is 5.84. The Bertz CT molecular complexity index is 338. The molecule has 3 N–H and O–H groups in total. The minimum absolute atomic E-state index is 0.0660. The summed E-state index contributed by atoms with van der Waals surface area (Å²) in [6, 6.07) is 0. The predicted octanol–water partition coefficient (Wildman–Crippen LogP) is 0.575. The second-order valence-corrected chi connectivity index (χ2v) is 4.48. The topological polar surface area (TPSA) is 58.4 Å². The highest BCUT2D eigenvalue weighted by Crippen LogP contribution is 2.21. The Morgan fingerprint density at radius 1 is 1.50 bits per heavy atom. The molecule has 2 rings (SSSR count). The maximum atomic E-state index is 11.1. The Morgan fingerprint density at radius 2 is 2.19 bits per heavy atom. The third-order valence-corrected chi connectivity index (χ3v) is 3.34. The van der Waals surface area contributed by atoms with E-state index in [1.165, 1.54) is 11.4 Å². The van der Waals surface area contributed by atoms with Gasteiger partial charge in [-0.15, -0.1) is 0 Å². The fraction of sp³-hybridized carbons (Fsp3) is 0.583. The summed E-state index contributed by atoms with van der Waals surface area (Å²) >= 11 is 0. The van der Waals surface area contributed by atoms with Crippen LogP contribution < -0.4 is 11.1 Å². The van der Waals surface area contributed by atoms with Crippen LogP contribution in [0.3, 0.4) is 0 Å². The van der Waals surface area contributed by atoms with Crippen molar-refractivity contribution in [3.63, 3.8) is 0 Å². The minimum atomic E-state index is -0.151. The highest BCUT2D eigenvalue weighted by atomic mass is 16.1. The number of hydrogen-bond donors (Lipinski definition) is 2. The molecule has 0 bridgehead atoms. The standard InChI is InChI=1S/C12H19N3O/c1-9-3-2-6-14-12(9)15-7-4-10(5-8-15)11(13)16/h2-3,10,14H,4-8H2,1H3,(H2,13,16). The van der Waals surface area contributed by atoms with Crippen molar-refractivity contribution >= 4 is 5.91 Å². The molecule has 0 aromatic heterocycles. The molecular weight excluding hydrogens is 202 g/mol. The normalized spacial score (nSPS) is 22.2. The summed E-state index contributed by atoms with van der Waals surface area (Å²) in [7, 11) is 0. The summed E-state index contributed by atoms with van der Waals surface area (Å²) in [5.74, 6) is 1.13. The highest BCUT2D eigenvalue weighted by molar-refractivity contribution is 5.76. The van der Waals surface area contributed by atoms with E-state index in [1.807, 2.05) is 0 Å². The van der Waals surface area contributed by atoms with Crippen LogP contribution in [0, 0.1) is 5.92 Å². The van der Waals surface area contributed by atoms with Gasteiger partial charge in [0.05, 0.1) is 0 Å². The van der Waals surface area contributed by atoms with Crippen molar-refractivity contribution in [1.82, 2.24) is 10.2 Å². The molecule has 0 saturated carbocycles. The molecule has 1 saturated heterocycles. The van der Waals surface area contributed by atoms with E-state index in [9.17, 15) is 4.79 Å². The zero-order valence-corrected chi connectivity index (χ0v) is 9.70. The summed E-state index contributed by atoms with van der Waals surface area (Å²) in [5.41, 5.74) is 6.59. The van der Waals surface area contributed by atoms with Crippen LogP contribution in [0.4, 0.5) is 0 Å². The van der Waals surface area contributed by atoms with Gasteiger partial charge in [-0.25, -0.2) is 0 Å². The molecule has 16 heavy (non-hydrogen) atoms. The number of nitrogens with zero attached hydrogens (tertiary/aromatic N) is 1. The zero-order chi connectivity index (χ0) is 11.5. The average Bonchev–Trinajstić information content (AvgIpc) is 2.30.